The highest BCUT2D eigenvalue weighted by molar-refractivity contribution is 7.13. The van der Waals surface area contributed by atoms with Crippen LogP contribution in [0.5, 0.6) is 0 Å². The largest absolute Gasteiger partial charge is 0.478 e. The van der Waals surface area contributed by atoms with Crippen molar-refractivity contribution < 1.29 is 19.2 Å². The number of carboxylic acids is 1. The van der Waals surface area contributed by atoms with Gasteiger partial charge in [-0.2, -0.15) is 0 Å². The van der Waals surface area contributed by atoms with E-state index in [1.54, 1.807) is 29.8 Å². The highest BCUT2D eigenvalue weighted by Gasteiger charge is 2.25. The van der Waals surface area contributed by atoms with Crippen molar-refractivity contribution in [3.05, 3.63) is 41.4 Å². The summed E-state index contributed by atoms with van der Waals surface area (Å²) in [6.07, 6.45) is 2.35. The molecular formula is C17H14ClN3O4S. The van der Waals surface area contributed by atoms with Crippen molar-refractivity contribution in [3.8, 4) is 21.8 Å². The summed E-state index contributed by atoms with van der Waals surface area (Å²) in [6.45, 7) is 0. The van der Waals surface area contributed by atoms with Crippen LogP contribution in [0.1, 0.15) is 23.2 Å². The molecule has 3 rings (SSSR count). The Morgan fingerprint density at radius 3 is 2.81 bits per heavy atom. The molecule has 3 aromatic rings. The van der Waals surface area contributed by atoms with Crippen molar-refractivity contribution in [1.82, 2.24) is 10.1 Å². The van der Waals surface area contributed by atoms with Crippen LogP contribution in [0, 0.1) is 0 Å². The summed E-state index contributed by atoms with van der Waals surface area (Å²) < 4.78 is 5.32. The number of nitrogens with zero attached hydrogens (tertiary/aromatic N) is 2. The summed E-state index contributed by atoms with van der Waals surface area (Å²) in [7, 11) is 0. The van der Waals surface area contributed by atoms with Gasteiger partial charge in [0.25, 0.3) is 0 Å². The molecule has 0 radical (unpaired) electrons. The number of amides is 1. The number of aromatic carboxylic acids is 1. The first-order valence-corrected chi connectivity index (χ1v) is 9.11. The van der Waals surface area contributed by atoms with E-state index < -0.39 is 5.97 Å². The number of aromatic nitrogens is 2. The van der Waals surface area contributed by atoms with Gasteiger partial charge in [0, 0.05) is 29.4 Å². The van der Waals surface area contributed by atoms with Crippen LogP contribution in [0.2, 0.25) is 0 Å². The fourth-order valence-electron chi connectivity index (χ4n) is 2.42. The van der Waals surface area contributed by atoms with E-state index in [2.05, 4.69) is 15.5 Å². The van der Waals surface area contributed by atoms with Crippen LogP contribution in [-0.4, -0.2) is 33.0 Å². The number of benzene rings is 1. The highest BCUT2D eigenvalue weighted by atomic mass is 35.5. The van der Waals surface area contributed by atoms with Gasteiger partial charge in [0.1, 0.15) is 5.01 Å². The van der Waals surface area contributed by atoms with Gasteiger partial charge in [0.05, 0.1) is 11.1 Å². The molecule has 1 aromatic carbocycles. The van der Waals surface area contributed by atoms with Crippen LogP contribution in [0.25, 0.3) is 21.8 Å². The molecule has 9 heteroatoms. The van der Waals surface area contributed by atoms with Crippen LogP contribution in [0.4, 0.5) is 5.88 Å². The van der Waals surface area contributed by atoms with Gasteiger partial charge in [0.2, 0.25) is 11.8 Å². The summed E-state index contributed by atoms with van der Waals surface area (Å²) in [6, 6.07) is 6.46. The number of halogens is 1. The van der Waals surface area contributed by atoms with Gasteiger partial charge in [0.15, 0.2) is 5.69 Å². The van der Waals surface area contributed by atoms with Crippen molar-refractivity contribution in [2.75, 3.05) is 11.2 Å². The minimum atomic E-state index is -1.09. The Labute approximate surface area is 157 Å². The molecule has 0 aliphatic rings. The number of rotatable bonds is 7. The second-order valence-corrected chi connectivity index (χ2v) is 6.54. The second-order valence-electron chi connectivity index (χ2n) is 5.26. The number of nitrogens with one attached hydrogen (secondary N) is 1. The van der Waals surface area contributed by atoms with Crippen LogP contribution in [-0.2, 0) is 4.79 Å². The Balaban J connectivity index is 2.10. The van der Waals surface area contributed by atoms with Gasteiger partial charge in [-0.1, -0.05) is 23.4 Å². The Morgan fingerprint density at radius 2 is 2.12 bits per heavy atom. The Kier molecular flexibility index (Phi) is 5.65. The molecule has 0 bridgehead atoms. The number of hydrogen-bond acceptors (Lipinski definition) is 6. The lowest BCUT2D eigenvalue weighted by atomic mass is 9.99. The number of hydrogen-bond donors (Lipinski definition) is 2. The predicted molar refractivity (Wildman–Crippen MR) is 98.6 cm³/mol. The van der Waals surface area contributed by atoms with Crippen molar-refractivity contribution in [2.24, 2.45) is 0 Å². The van der Waals surface area contributed by atoms with Crippen LogP contribution in [0.3, 0.4) is 0 Å². The molecule has 0 saturated heterocycles. The lowest BCUT2D eigenvalue weighted by Crippen LogP contribution is -2.11. The first-order chi connectivity index (χ1) is 12.6. The molecule has 0 aliphatic carbocycles. The maximum atomic E-state index is 12.1. The van der Waals surface area contributed by atoms with E-state index in [1.165, 1.54) is 17.4 Å². The van der Waals surface area contributed by atoms with Gasteiger partial charge in [-0.25, -0.2) is 9.78 Å². The zero-order valence-electron chi connectivity index (χ0n) is 13.4. The standard InChI is InChI=1S/C17H14ClN3O4S/c18-7-3-6-12(22)20-15-13(10-4-1-2-5-11(10)17(23)24)14(21-25-15)16-19-8-9-26-16/h1-2,4-5,8-9H,3,6-7H2,(H,20,22)(H,23,24). The van der Waals surface area contributed by atoms with E-state index in [0.717, 1.165) is 0 Å². The van der Waals surface area contributed by atoms with Crippen LogP contribution in [0.15, 0.2) is 40.4 Å². The average molecular weight is 392 g/mol. The smallest absolute Gasteiger partial charge is 0.336 e. The molecule has 7 nitrogen and oxygen atoms in total. The normalized spacial score (nSPS) is 10.7. The highest BCUT2D eigenvalue weighted by Crippen LogP contribution is 2.40. The van der Waals surface area contributed by atoms with Crippen molar-refractivity contribution in [3.63, 3.8) is 0 Å². The number of carbonyl (C=O) groups excluding carboxylic acids is 1. The molecule has 0 saturated carbocycles. The third-order valence-corrected chi connectivity index (χ3v) is 4.59. The molecule has 1 amide bonds. The summed E-state index contributed by atoms with van der Waals surface area (Å²) >= 11 is 6.95. The van der Waals surface area contributed by atoms with Gasteiger partial charge in [-0.3, -0.25) is 10.1 Å². The Bertz CT molecular complexity index is 924. The predicted octanol–water partition coefficient (Wildman–Crippen LogP) is 4.12. The summed E-state index contributed by atoms with van der Waals surface area (Å²) in [5.74, 6) is -0.931. The molecule has 0 unspecified atom stereocenters. The van der Waals surface area contributed by atoms with E-state index in [4.69, 9.17) is 16.1 Å². The maximum Gasteiger partial charge on any atom is 0.336 e. The van der Waals surface area contributed by atoms with Gasteiger partial charge >= 0.3 is 5.97 Å². The number of thiazole rings is 1. The fourth-order valence-corrected chi connectivity index (χ4v) is 3.17. The maximum absolute atomic E-state index is 12.1. The molecule has 2 heterocycles. The number of carboxylic acid groups (broad SMARTS) is 1. The van der Waals surface area contributed by atoms with E-state index in [-0.39, 0.29) is 23.8 Å². The molecule has 2 aromatic heterocycles. The lowest BCUT2D eigenvalue weighted by molar-refractivity contribution is -0.116. The quantitative estimate of drug-likeness (QED) is 0.587. The SMILES string of the molecule is O=C(CCCCl)Nc1onc(-c2nccs2)c1-c1ccccc1C(=O)O. The minimum Gasteiger partial charge on any atom is -0.478 e. The van der Waals surface area contributed by atoms with Gasteiger partial charge in [-0.05, 0) is 12.5 Å². The summed E-state index contributed by atoms with van der Waals surface area (Å²) in [5.41, 5.74) is 1.22. The topological polar surface area (TPSA) is 105 Å². The van der Waals surface area contributed by atoms with Crippen molar-refractivity contribution in [1.29, 1.82) is 0 Å². The van der Waals surface area contributed by atoms with E-state index in [1.807, 2.05) is 0 Å². The zero-order valence-corrected chi connectivity index (χ0v) is 15.0. The molecule has 0 spiro atoms. The first kappa shape index (κ1) is 18.1. The van der Waals surface area contributed by atoms with Gasteiger partial charge < -0.3 is 9.63 Å². The van der Waals surface area contributed by atoms with Crippen LogP contribution >= 0.6 is 22.9 Å². The first-order valence-electron chi connectivity index (χ1n) is 7.70. The molecule has 26 heavy (non-hydrogen) atoms. The van der Waals surface area contributed by atoms with E-state index >= 15 is 0 Å². The van der Waals surface area contributed by atoms with Crippen molar-refractivity contribution >= 4 is 40.7 Å². The van der Waals surface area contributed by atoms with Gasteiger partial charge in [-0.15, -0.1) is 22.9 Å². The number of carbonyl (C=O) groups is 2. The lowest BCUT2D eigenvalue weighted by Gasteiger charge is -2.08. The Hall–Kier alpha value is -2.71. The summed E-state index contributed by atoms with van der Waals surface area (Å²) in [5, 5.41) is 18.5. The minimum absolute atomic E-state index is 0.0739. The second kappa shape index (κ2) is 8.11. The van der Waals surface area contributed by atoms with Crippen molar-refractivity contribution in [2.45, 2.75) is 12.8 Å². The molecule has 0 fully saturated rings. The monoisotopic (exact) mass is 391 g/mol. The van der Waals surface area contributed by atoms with Crippen LogP contribution < -0.4 is 5.32 Å². The molecule has 0 atom stereocenters. The summed E-state index contributed by atoms with van der Waals surface area (Å²) in [4.78, 5) is 27.9. The van der Waals surface area contributed by atoms with E-state index in [9.17, 15) is 14.7 Å². The molecule has 134 valence electrons. The third kappa shape index (κ3) is 3.76. The number of alkyl halides is 1. The fraction of sp³-hybridized carbons (Fsp3) is 0.176. The average Bonchev–Trinajstić information content (AvgIpc) is 3.29. The van der Waals surface area contributed by atoms with E-state index in [0.29, 0.717) is 34.1 Å². The zero-order chi connectivity index (χ0) is 18.5. The molecular weight excluding hydrogens is 378 g/mol. The third-order valence-electron chi connectivity index (χ3n) is 3.54. The Morgan fingerprint density at radius 1 is 1.31 bits per heavy atom. The number of anilines is 1. The molecule has 0 aliphatic heterocycles. The molecule has 2 N–H and O–H groups in total.